The number of carbonyl (C=O) groups excluding carboxylic acids is 5. The fourth-order valence-corrected chi connectivity index (χ4v) is 7.60. The van der Waals surface area contributed by atoms with E-state index in [1.807, 2.05) is 18.2 Å². The molecule has 0 spiro atoms. The van der Waals surface area contributed by atoms with Gasteiger partial charge in [-0.3, -0.25) is 24.0 Å². The predicted octanol–water partition coefficient (Wildman–Crippen LogP) is 2.38. The molecule has 1 aromatic carbocycles. The number of hydrogen-bond donors (Lipinski definition) is 4. The SMILES string of the molecule is COc1cccc2[nH]c(C(=O)N[C@H](C(=O)N3C[C@H]4[C@@H]([C@H]3C(=O)N[C@@H](C[C@@H]3CCCNC3=O)C(=O)CCl)C4(C)C)C3CC3)cc12. The van der Waals surface area contributed by atoms with Crippen LogP contribution in [0.1, 0.15) is 56.4 Å². The number of fused-ring (bicyclic) bond motifs is 2. The van der Waals surface area contributed by atoms with Gasteiger partial charge in [0.25, 0.3) is 5.91 Å². The van der Waals surface area contributed by atoms with Crippen LogP contribution < -0.4 is 20.7 Å². The summed E-state index contributed by atoms with van der Waals surface area (Å²) < 4.78 is 5.42. The number of ether oxygens (including phenoxy) is 1. The summed E-state index contributed by atoms with van der Waals surface area (Å²) >= 11 is 5.91. The third-order valence-corrected chi connectivity index (χ3v) is 10.5. The molecule has 0 bridgehead atoms. The Labute approximate surface area is 261 Å². The molecular formula is C32H40ClN5O6. The molecule has 2 aliphatic heterocycles. The number of likely N-dealkylation sites (tertiary alicyclic amines) is 1. The van der Waals surface area contributed by atoms with Crippen LogP contribution in [0, 0.1) is 29.1 Å². The predicted molar refractivity (Wildman–Crippen MR) is 163 cm³/mol. The van der Waals surface area contributed by atoms with Crippen molar-refractivity contribution >= 4 is 51.9 Å². The highest BCUT2D eigenvalue weighted by atomic mass is 35.5. The molecule has 11 nitrogen and oxygen atoms in total. The summed E-state index contributed by atoms with van der Waals surface area (Å²) in [6.07, 6.45) is 3.20. The lowest BCUT2D eigenvalue weighted by molar-refractivity contribution is -0.143. The molecule has 2 saturated carbocycles. The quantitative estimate of drug-likeness (QED) is 0.282. The maximum Gasteiger partial charge on any atom is 0.268 e. The molecule has 4 fully saturated rings. The molecule has 6 rings (SSSR count). The Balaban J connectivity index is 1.20. The van der Waals surface area contributed by atoms with Crippen LogP contribution in [0.15, 0.2) is 24.3 Å². The zero-order valence-corrected chi connectivity index (χ0v) is 26.0. The zero-order chi connectivity index (χ0) is 31.3. The minimum atomic E-state index is -0.926. The molecule has 236 valence electrons. The van der Waals surface area contributed by atoms with Gasteiger partial charge in [0.15, 0.2) is 5.78 Å². The average molecular weight is 626 g/mol. The fraction of sp³-hybridized carbons (Fsp3) is 0.594. The lowest BCUT2D eigenvalue weighted by Crippen LogP contribution is -2.58. The van der Waals surface area contributed by atoms with Gasteiger partial charge in [0.1, 0.15) is 23.5 Å². The molecule has 44 heavy (non-hydrogen) atoms. The lowest BCUT2D eigenvalue weighted by Gasteiger charge is -2.34. The van der Waals surface area contributed by atoms with Gasteiger partial charge >= 0.3 is 0 Å². The van der Waals surface area contributed by atoms with E-state index in [1.54, 1.807) is 18.1 Å². The maximum atomic E-state index is 14.2. The number of benzene rings is 1. The van der Waals surface area contributed by atoms with Crippen molar-refractivity contribution in [1.82, 2.24) is 25.8 Å². The molecule has 0 unspecified atom stereocenters. The third kappa shape index (κ3) is 5.55. The first-order valence-corrected chi connectivity index (χ1v) is 16.0. The normalized spacial score (nSPS) is 26.7. The van der Waals surface area contributed by atoms with Crippen molar-refractivity contribution < 1.29 is 28.7 Å². The first kappa shape index (κ1) is 30.4. The lowest BCUT2D eigenvalue weighted by atomic mass is 9.90. The minimum Gasteiger partial charge on any atom is -0.496 e. The van der Waals surface area contributed by atoms with E-state index in [0.717, 1.165) is 30.2 Å². The second-order valence-corrected chi connectivity index (χ2v) is 13.6. The first-order valence-electron chi connectivity index (χ1n) is 15.5. The number of methoxy groups -OCH3 is 1. The number of halogens is 1. The molecular weight excluding hydrogens is 586 g/mol. The number of nitrogens with zero attached hydrogens (tertiary/aromatic N) is 1. The summed E-state index contributed by atoms with van der Waals surface area (Å²) in [6, 6.07) is 4.71. The van der Waals surface area contributed by atoms with Crippen LogP contribution in [0.25, 0.3) is 10.9 Å². The van der Waals surface area contributed by atoms with Crippen LogP contribution in [-0.4, -0.2) is 83.5 Å². The summed E-state index contributed by atoms with van der Waals surface area (Å²) in [5, 5.41) is 9.43. The van der Waals surface area contributed by atoms with Crippen molar-refractivity contribution in [3.8, 4) is 5.75 Å². The Kier molecular flexibility index (Phi) is 8.11. The summed E-state index contributed by atoms with van der Waals surface area (Å²) in [6.45, 7) is 5.17. The topological polar surface area (TPSA) is 150 Å². The number of H-pyrrole nitrogens is 1. The number of ketones is 1. The number of piperidine rings is 2. The zero-order valence-electron chi connectivity index (χ0n) is 25.3. The van der Waals surface area contributed by atoms with Gasteiger partial charge in [-0.25, -0.2) is 0 Å². The van der Waals surface area contributed by atoms with Crippen LogP contribution in [0.5, 0.6) is 5.75 Å². The van der Waals surface area contributed by atoms with Crippen LogP contribution >= 0.6 is 11.6 Å². The van der Waals surface area contributed by atoms with E-state index in [0.29, 0.717) is 31.0 Å². The molecule has 3 heterocycles. The molecule has 1 aromatic heterocycles. The Bertz CT molecular complexity index is 1500. The summed E-state index contributed by atoms with van der Waals surface area (Å²) in [5.74, 6) is -1.62. The van der Waals surface area contributed by atoms with E-state index < -0.39 is 35.9 Å². The van der Waals surface area contributed by atoms with Crippen molar-refractivity contribution in [2.45, 2.75) is 64.1 Å². The van der Waals surface area contributed by atoms with Gasteiger partial charge in [0.05, 0.1) is 19.0 Å². The molecule has 6 atom stereocenters. The number of aromatic nitrogens is 1. The van der Waals surface area contributed by atoms with Gasteiger partial charge in [-0.1, -0.05) is 19.9 Å². The van der Waals surface area contributed by atoms with Crippen LogP contribution in [0.2, 0.25) is 0 Å². The summed E-state index contributed by atoms with van der Waals surface area (Å²) in [5.41, 5.74) is 0.918. The van der Waals surface area contributed by atoms with Gasteiger partial charge in [-0.15, -0.1) is 11.6 Å². The van der Waals surface area contributed by atoms with Crippen molar-refractivity contribution in [1.29, 1.82) is 0 Å². The van der Waals surface area contributed by atoms with Crippen LogP contribution in [0.3, 0.4) is 0 Å². The number of carbonyl (C=O) groups is 5. The van der Waals surface area contributed by atoms with Crippen molar-refractivity contribution in [3.63, 3.8) is 0 Å². The summed E-state index contributed by atoms with van der Waals surface area (Å²) in [7, 11) is 1.57. The van der Waals surface area contributed by atoms with Crippen molar-refractivity contribution in [3.05, 3.63) is 30.0 Å². The van der Waals surface area contributed by atoms with Crippen molar-refractivity contribution in [2.75, 3.05) is 26.1 Å². The number of Topliss-reactive ketones (excluding diaryl/α,β-unsaturated/α-hetero) is 1. The van der Waals surface area contributed by atoms with Gasteiger partial charge in [-0.2, -0.15) is 0 Å². The van der Waals surface area contributed by atoms with E-state index in [4.69, 9.17) is 16.3 Å². The smallest absolute Gasteiger partial charge is 0.268 e. The fourth-order valence-electron chi connectivity index (χ4n) is 7.42. The van der Waals surface area contributed by atoms with E-state index >= 15 is 0 Å². The van der Waals surface area contributed by atoms with E-state index in [1.165, 1.54) is 0 Å². The maximum absolute atomic E-state index is 14.2. The molecule has 0 radical (unpaired) electrons. The third-order valence-electron chi connectivity index (χ3n) is 10.3. The Morgan fingerprint density at radius 2 is 1.93 bits per heavy atom. The molecule has 2 aromatic rings. The second-order valence-electron chi connectivity index (χ2n) is 13.3. The molecule has 4 amide bonds. The van der Waals surface area contributed by atoms with E-state index in [2.05, 4.69) is 34.8 Å². The van der Waals surface area contributed by atoms with E-state index in [-0.39, 0.29) is 53.1 Å². The highest BCUT2D eigenvalue weighted by Crippen LogP contribution is 2.65. The van der Waals surface area contributed by atoms with Gasteiger partial charge < -0.3 is 30.6 Å². The highest BCUT2D eigenvalue weighted by molar-refractivity contribution is 6.28. The van der Waals surface area contributed by atoms with Crippen LogP contribution in [0.4, 0.5) is 0 Å². The standard InChI is InChI=1S/C32H40ClN5O6/c1-32(2)19-15-38(27(25(19)32)30(42)36-21(23(39)14-33)12-17-6-5-11-34-28(17)40)31(43)26(16-9-10-16)37-29(41)22-13-18-20(35-22)7-4-8-24(18)44-3/h4,7-8,13,16-17,19,21,25-27,35H,5-6,9-12,14-15H2,1-3H3,(H,34,40)(H,36,42)(H,37,41)/t17-,19-,21-,25-,26-,27-/m0/s1. The molecule has 2 aliphatic carbocycles. The van der Waals surface area contributed by atoms with Gasteiger partial charge in [0.2, 0.25) is 17.7 Å². The molecule has 4 N–H and O–H groups in total. The first-order chi connectivity index (χ1) is 21.0. The van der Waals surface area contributed by atoms with Gasteiger partial charge in [-0.05, 0) is 73.5 Å². The monoisotopic (exact) mass is 625 g/mol. The van der Waals surface area contributed by atoms with E-state index in [9.17, 15) is 24.0 Å². The highest BCUT2D eigenvalue weighted by Gasteiger charge is 2.70. The van der Waals surface area contributed by atoms with Crippen LogP contribution in [-0.2, 0) is 19.2 Å². The number of amides is 4. The Morgan fingerprint density at radius 3 is 2.61 bits per heavy atom. The molecule has 2 saturated heterocycles. The minimum absolute atomic E-state index is 0.0191. The number of rotatable bonds is 11. The Hall–Kier alpha value is -3.60. The largest absolute Gasteiger partial charge is 0.496 e. The second kappa shape index (κ2) is 11.7. The number of hydrogen-bond acceptors (Lipinski definition) is 6. The Morgan fingerprint density at radius 1 is 1.16 bits per heavy atom. The average Bonchev–Trinajstić information content (AvgIpc) is 3.79. The summed E-state index contributed by atoms with van der Waals surface area (Å²) in [4.78, 5) is 71.5. The number of nitrogens with one attached hydrogen (secondary N) is 4. The van der Waals surface area contributed by atoms with Gasteiger partial charge in [0, 0.05) is 29.9 Å². The number of aromatic amines is 1. The molecule has 4 aliphatic rings. The number of alkyl halides is 1. The molecule has 12 heteroatoms. The van der Waals surface area contributed by atoms with Crippen molar-refractivity contribution in [2.24, 2.45) is 29.1 Å².